The Kier molecular flexibility index (Phi) is 4.91. The summed E-state index contributed by atoms with van der Waals surface area (Å²) in [6.45, 7) is 7.17. The molecule has 2 heterocycles. The van der Waals surface area contributed by atoms with Gasteiger partial charge in [-0.2, -0.15) is 0 Å². The lowest BCUT2D eigenvalue weighted by Gasteiger charge is -2.28. The standard InChI is InChI=1S/C19H21N5O2S/c1-12-3-4-14(13(2)11-12)20-19(27)21-15-5-6-16(18-17(15)22-26-23-18)24-7-9-25-10-8-24/h3-6,11H,7-10H2,1-2H3,(H2,20,21,27). The molecule has 0 unspecified atom stereocenters. The monoisotopic (exact) mass is 383 g/mol. The summed E-state index contributed by atoms with van der Waals surface area (Å²) < 4.78 is 10.4. The van der Waals surface area contributed by atoms with Gasteiger partial charge in [0.2, 0.25) is 0 Å². The zero-order valence-corrected chi connectivity index (χ0v) is 16.1. The van der Waals surface area contributed by atoms with Gasteiger partial charge in [0.05, 0.1) is 24.6 Å². The Morgan fingerprint density at radius 2 is 1.70 bits per heavy atom. The first-order valence-corrected chi connectivity index (χ1v) is 9.26. The number of ether oxygens (including phenoxy) is 1. The van der Waals surface area contributed by atoms with Crippen LogP contribution in [0.15, 0.2) is 35.0 Å². The molecule has 0 bridgehead atoms. The summed E-state index contributed by atoms with van der Waals surface area (Å²) in [4.78, 5) is 2.23. The number of aromatic nitrogens is 2. The van der Waals surface area contributed by atoms with E-state index in [-0.39, 0.29) is 0 Å². The van der Waals surface area contributed by atoms with E-state index in [1.807, 2.05) is 18.2 Å². The molecule has 7 nitrogen and oxygen atoms in total. The highest BCUT2D eigenvalue weighted by Crippen LogP contribution is 2.30. The maximum absolute atomic E-state index is 5.48. The van der Waals surface area contributed by atoms with E-state index in [9.17, 15) is 0 Å². The molecule has 0 amide bonds. The molecule has 0 saturated carbocycles. The number of fused-ring (bicyclic) bond motifs is 1. The Labute approximate surface area is 162 Å². The minimum Gasteiger partial charge on any atom is -0.378 e. The van der Waals surface area contributed by atoms with Gasteiger partial charge in [0, 0.05) is 18.8 Å². The Hall–Kier alpha value is -2.71. The number of rotatable bonds is 3. The van der Waals surface area contributed by atoms with Crippen LogP contribution in [0.25, 0.3) is 11.0 Å². The number of aryl methyl sites for hydroxylation is 2. The Morgan fingerprint density at radius 1 is 1.00 bits per heavy atom. The van der Waals surface area contributed by atoms with Gasteiger partial charge in [-0.15, -0.1) is 0 Å². The third kappa shape index (κ3) is 3.72. The Balaban J connectivity index is 1.55. The van der Waals surface area contributed by atoms with Gasteiger partial charge in [-0.25, -0.2) is 4.63 Å². The van der Waals surface area contributed by atoms with Crippen molar-refractivity contribution in [2.24, 2.45) is 0 Å². The average molecular weight is 383 g/mol. The maximum Gasteiger partial charge on any atom is 0.175 e. The predicted octanol–water partition coefficient (Wildman–Crippen LogP) is 3.49. The molecule has 0 atom stereocenters. The highest BCUT2D eigenvalue weighted by Gasteiger charge is 2.19. The lowest BCUT2D eigenvalue weighted by molar-refractivity contribution is 0.123. The average Bonchev–Trinajstić information content (AvgIpc) is 3.15. The summed E-state index contributed by atoms with van der Waals surface area (Å²) in [5.74, 6) is 0. The van der Waals surface area contributed by atoms with E-state index in [4.69, 9.17) is 21.6 Å². The molecule has 2 N–H and O–H groups in total. The molecule has 140 valence electrons. The van der Waals surface area contributed by atoms with E-state index >= 15 is 0 Å². The number of anilines is 3. The SMILES string of the molecule is Cc1ccc(NC(=S)Nc2ccc(N3CCOCC3)c3nonc23)c(C)c1. The fraction of sp³-hybridized carbons (Fsp3) is 0.316. The first-order chi connectivity index (χ1) is 13.1. The van der Waals surface area contributed by atoms with Gasteiger partial charge in [0.25, 0.3) is 0 Å². The normalized spacial score (nSPS) is 14.4. The molecule has 0 spiro atoms. The molecule has 1 aliphatic heterocycles. The van der Waals surface area contributed by atoms with Crippen molar-refractivity contribution in [1.82, 2.24) is 10.3 Å². The van der Waals surface area contributed by atoms with Crippen molar-refractivity contribution in [2.45, 2.75) is 13.8 Å². The molecule has 27 heavy (non-hydrogen) atoms. The zero-order chi connectivity index (χ0) is 18.8. The quantitative estimate of drug-likeness (QED) is 0.666. The van der Waals surface area contributed by atoms with E-state index in [1.165, 1.54) is 5.56 Å². The van der Waals surface area contributed by atoms with Crippen LogP contribution in [-0.2, 0) is 4.74 Å². The maximum atomic E-state index is 5.48. The van der Waals surface area contributed by atoms with Crippen LogP contribution in [0.3, 0.4) is 0 Å². The van der Waals surface area contributed by atoms with Crippen LogP contribution in [-0.4, -0.2) is 41.7 Å². The van der Waals surface area contributed by atoms with Crippen LogP contribution < -0.4 is 15.5 Å². The van der Waals surface area contributed by atoms with Gasteiger partial charge in [0.1, 0.15) is 0 Å². The third-order valence-corrected chi connectivity index (χ3v) is 4.83. The van der Waals surface area contributed by atoms with Crippen LogP contribution in [0.2, 0.25) is 0 Å². The number of nitrogens with zero attached hydrogens (tertiary/aromatic N) is 3. The molecule has 1 aliphatic rings. The van der Waals surface area contributed by atoms with Crippen molar-refractivity contribution < 1.29 is 9.37 Å². The molecule has 0 aliphatic carbocycles. The van der Waals surface area contributed by atoms with Gasteiger partial charge >= 0.3 is 0 Å². The minimum atomic E-state index is 0.491. The first-order valence-electron chi connectivity index (χ1n) is 8.85. The van der Waals surface area contributed by atoms with Crippen molar-refractivity contribution in [2.75, 3.05) is 41.8 Å². The molecule has 4 rings (SSSR count). The van der Waals surface area contributed by atoms with Crippen molar-refractivity contribution in [3.63, 3.8) is 0 Å². The van der Waals surface area contributed by atoms with E-state index in [0.717, 1.165) is 41.2 Å². The second-order valence-corrected chi connectivity index (χ2v) is 7.00. The lowest BCUT2D eigenvalue weighted by Crippen LogP contribution is -2.36. The Bertz CT molecular complexity index is 981. The molecule has 2 aromatic carbocycles. The van der Waals surface area contributed by atoms with Gasteiger partial charge in [-0.1, -0.05) is 17.7 Å². The third-order valence-electron chi connectivity index (χ3n) is 4.62. The van der Waals surface area contributed by atoms with Crippen molar-refractivity contribution in [3.8, 4) is 0 Å². The summed E-state index contributed by atoms with van der Waals surface area (Å²) in [7, 11) is 0. The fourth-order valence-corrected chi connectivity index (χ4v) is 3.46. The number of thiocarbonyl (C=S) groups is 1. The number of nitrogens with one attached hydrogen (secondary N) is 2. The van der Waals surface area contributed by atoms with Gasteiger partial charge in [0.15, 0.2) is 16.1 Å². The highest BCUT2D eigenvalue weighted by molar-refractivity contribution is 7.80. The van der Waals surface area contributed by atoms with Crippen LogP contribution in [0.4, 0.5) is 17.1 Å². The Morgan fingerprint density at radius 3 is 2.48 bits per heavy atom. The molecule has 1 saturated heterocycles. The zero-order valence-electron chi connectivity index (χ0n) is 15.3. The minimum absolute atomic E-state index is 0.491. The number of hydrogen-bond donors (Lipinski definition) is 2. The first kappa shape index (κ1) is 17.7. The summed E-state index contributed by atoms with van der Waals surface area (Å²) in [5, 5.41) is 15.1. The van der Waals surface area contributed by atoms with E-state index < -0.39 is 0 Å². The van der Waals surface area contributed by atoms with E-state index in [1.54, 1.807) is 0 Å². The second kappa shape index (κ2) is 7.50. The van der Waals surface area contributed by atoms with Crippen LogP contribution >= 0.6 is 12.2 Å². The molecule has 1 aromatic heterocycles. The summed E-state index contributed by atoms with van der Waals surface area (Å²) in [5.41, 5.74) is 6.44. The summed E-state index contributed by atoms with van der Waals surface area (Å²) >= 11 is 5.48. The van der Waals surface area contributed by atoms with Crippen molar-refractivity contribution in [1.29, 1.82) is 0 Å². The van der Waals surface area contributed by atoms with Crippen LogP contribution in [0, 0.1) is 13.8 Å². The van der Waals surface area contributed by atoms with Crippen LogP contribution in [0.5, 0.6) is 0 Å². The summed E-state index contributed by atoms with van der Waals surface area (Å²) in [6.07, 6.45) is 0. The van der Waals surface area contributed by atoms with Crippen LogP contribution in [0.1, 0.15) is 11.1 Å². The van der Waals surface area contributed by atoms with Crippen molar-refractivity contribution >= 4 is 45.4 Å². The fourth-order valence-electron chi connectivity index (χ4n) is 3.24. The van der Waals surface area contributed by atoms with Gasteiger partial charge < -0.3 is 20.3 Å². The smallest absolute Gasteiger partial charge is 0.175 e. The summed E-state index contributed by atoms with van der Waals surface area (Å²) in [6, 6.07) is 10.2. The predicted molar refractivity (Wildman–Crippen MR) is 111 cm³/mol. The molecule has 0 radical (unpaired) electrons. The number of morpholine rings is 1. The van der Waals surface area contributed by atoms with Gasteiger partial charge in [-0.05, 0) is 60.1 Å². The highest BCUT2D eigenvalue weighted by atomic mass is 32.1. The second-order valence-electron chi connectivity index (χ2n) is 6.59. The molecular formula is C19H21N5O2S. The molecular weight excluding hydrogens is 362 g/mol. The van der Waals surface area contributed by atoms with E-state index in [2.05, 4.69) is 51.8 Å². The number of hydrogen-bond acceptors (Lipinski definition) is 6. The van der Waals surface area contributed by atoms with Gasteiger partial charge in [-0.3, -0.25) is 0 Å². The number of benzene rings is 2. The lowest BCUT2D eigenvalue weighted by atomic mass is 10.1. The molecule has 8 heteroatoms. The topological polar surface area (TPSA) is 75.5 Å². The molecule has 1 fully saturated rings. The largest absolute Gasteiger partial charge is 0.378 e. The molecule has 3 aromatic rings. The van der Waals surface area contributed by atoms with E-state index in [0.29, 0.717) is 23.8 Å². The van der Waals surface area contributed by atoms with Crippen molar-refractivity contribution in [3.05, 3.63) is 41.5 Å².